The standard InChI is InChI=1S/C31H35N9O6/c32-39-34-17-23-7-2-1-6-22(23)16-31(30(44)38-37-25(19-42)20-43)28(27-9-4-3-8-24(27)18-35-40-33)46-29(36-31)21-10-12-26(13-11-21)45-15-5-14-41/h1-4,6-13,25,28,37,41-43H,5,14-20H2,(H,38,44)/t28-,31-/m0/s1. The summed E-state index contributed by atoms with van der Waals surface area (Å²) in [4.78, 5) is 25.1. The van der Waals surface area contributed by atoms with Gasteiger partial charge in [-0.3, -0.25) is 10.2 Å². The Bertz CT molecular complexity index is 1600. The molecule has 0 aromatic heterocycles. The summed E-state index contributed by atoms with van der Waals surface area (Å²) < 4.78 is 12.2. The van der Waals surface area contributed by atoms with Crippen molar-refractivity contribution in [3.63, 3.8) is 0 Å². The van der Waals surface area contributed by atoms with Crippen LogP contribution in [0.1, 0.15) is 40.3 Å². The zero-order valence-corrected chi connectivity index (χ0v) is 24.9. The highest BCUT2D eigenvalue weighted by Gasteiger charge is 2.54. The molecule has 46 heavy (non-hydrogen) atoms. The summed E-state index contributed by atoms with van der Waals surface area (Å²) in [5.41, 5.74) is 24.7. The molecule has 15 heteroatoms. The number of aliphatic imine (C=N–C) groups is 1. The average molecular weight is 630 g/mol. The maximum atomic E-state index is 14.4. The molecular weight excluding hydrogens is 594 g/mol. The van der Waals surface area contributed by atoms with Gasteiger partial charge in [0.2, 0.25) is 5.90 Å². The first-order valence-electron chi connectivity index (χ1n) is 14.5. The van der Waals surface area contributed by atoms with Crippen LogP contribution in [-0.4, -0.2) is 65.1 Å². The van der Waals surface area contributed by atoms with Crippen LogP contribution in [0.4, 0.5) is 0 Å². The minimum Gasteiger partial charge on any atom is -0.494 e. The van der Waals surface area contributed by atoms with E-state index in [0.29, 0.717) is 46.6 Å². The fourth-order valence-electron chi connectivity index (χ4n) is 5.01. The van der Waals surface area contributed by atoms with E-state index in [4.69, 9.17) is 30.6 Å². The van der Waals surface area contributed by atoms with Crippen LogP contribution in [0.5, 0.6) is 5.75 Å². The van der Waals surface area contributed by atoms with Gasteiger partial charge < -0.3 is 24.8 Å². The van der Waals surface area contributed by atoms with Crippen molar-refractivity contribution in [3.05, 3.63) is 121 Å². The van der Waals surface area contributed by atoms with E-state index in [2.05, 4.69) is 30.9 Å². The van der Waals surface area contributed by atoms with Gasteiger partial charge in [0.15, 0.2) is 11.6 Å². The Kier molecular flexibility index (Phi) is 12.3. The van der Waals surface area contributed by atoms with Gasteiger partial charge in [-0.25, -0.2) is 10.4 Å². The van der Waals surface area contributed by atoms with Crippen molar-refractivity contribution in [1.82, 2.24) is 10.9 Å². The first kappa shape index (κ1) is 33.7. The van der Waals surface area contributed by atoms with Crippen molar-refractivity contribution in [2.75, 3.05) is 26.4 Å². The molecule has 3 aromatic rings. The molecule has 1 aliphatic rings. The highest BCUT2D eigenvalue weighted by Crippen LogP contribution is 2.44. The fourth-order valence-corrected chi connectivity index (χ4v) is 5.01. The Morgan fingerprint density at radius 1 is 0.935 bits per heavy atom. The number of rotatable bonds is 17. The van der Waals surface area contributed by atoms with Crippen LogP contribution in [0.25, 0.3) is 20.9 Å². The van der Waals surface area contributed by atoms with Crippen molar-refractivity contribution >= 4 is 11.8 Å². The number of nitrogens with one attached hydrogen (secondary N) is 2. The molecule has 0 spiro atoms. The Morgan fingerprint density at radius 2 is 1.57 bits per heavy atom. The van der Waals surface area contributed by atoms with Crippen LogP contribution >= 0.6 is 0 Å². The molecule has 0 aliphatic carbocycles. The lowest BCUT2D eigenvalue weighted by molar-refractivity contribution is -0.130. The Morgan fingerprint density at radius 3 is 2.22 bits per heavy atom. The first-order valence-corrected chi connectivity index (χ1v) is 14.5. The van der Waals surface area contributed by atoms with Crippen molar-refractivity contribution in [1.29, 1.82) is 0 Å². The van der Waals surface area contributed by atoms with Crippen molar-refractivity contribution in [2.45, 2.75) is 43.6 Å². The first-order chi connectivity index (χ1) is 22.5. The predicted molar refractivity (Wildman–Crippen MR) is 168 cm³/mol. The summed E-state index contributed by atoms with van der Waals surface area (Å²) in [6.45, 7) is -0.529. The fraction of sp³-hybridized carbons (Fsp3) is 0.355. The van der Waals surface area contributed by atoms with E-state index in [1.54, 1.807) is 66.7 Å². The molecule has 1 heterocycles. The molecule has 5 N–H and O–H groups in total. The van der Waals surface area contributed by atoms with Crippen LogP contribution in [0, 0.1) is 0 Å². The predicted octanol–water partition coefficient (Wildman–Crippen LogP) is 3.54. The molecule has 0 unspecified atom stereocenters. The minimum atomic E-state index is -1.69. The molecule has 3 aromatic carbocycles. The second kappa shape index (κ2) is 16.8. The van der Waals surface area contributed by atoms with Gasteiger partial charge in [-0.2, -0.15) is 0 Å². The van der Waals surface area contributed by atoms with E-state index in [1.807, 2.05) is 6.07 Å². The largest absolute Gasteiger partial charge is 0.494 e. The molecule has 4 rings (SSSR count). The number of hydrazine groups is 1. The van der Waals surface area contributed by atoms with Crippen LogP contribution in [0.3, 0.4) is 0 Å². The summed E-state index contributed by atoms with van der Waals surface area (Å²) >= 11 is 0. The topological polar surface area (TPSA) is 230 Å². The van der Waals surface area contributed by atoms with Gasteiger partial charge >= 0.3 is 0 Å². The van der Waals surface area contributed by atoms with Crippen LogP contribution in [0.2, 0.25) is 0 Å². The Balaban J connectivity index is 1.88. The highest BCUT2D eigenvalue weighted by atomic mass is 16.5. The zero-order valence-electron chi connectivity index (χ0n) is 24.9. The third kappa shape index (κ3) is 8.11. The van der Waals surface area contributed by atoms with E-state index in [0.717, 1.165) is 0 Å². The van der Waals surface area contributed by atoms with Gasteiger partial charge in [0, 0.05) is 34.8 Å². The Hall–Kier alpha value is -5.14. The van der Waals surface area contributed by atoms with E-state index in [1.165, 1.54) is 0 Å². The molecule has 2 atom stereocenters. The molecule has 15 nitrogen and oxygen atoms in total. The summed E-state index contributed by atoms with van der Waals surface area (Å²) in [6, 6.07) is 20.4. The number of hydrogen-bond donors (Lipinski definition) is 5. The highest BCUT2D eigenvalue weighted by molar-refractivity contribution is 6.01. The van der Waals surface area contributed by atoms with Crippen LogP contribution < -0.4 is 15.6 Å². The Labute approximate surface area is 264 Å². The number of aliphatic hydroxyl groups excluding tert-OH is 3. The van der Waals surface area contributed by atoms with Gasteiger partial charge in [0.05, 0.1) is 39.0 Å². The zero-order chi connectivity index (χ0) is 32.8. The SMILES string of the molecule is [N-]=[N+]=NCc1ccccc1C[C@]1(C(=O)NNC(CO)CO)N=C(c2ccc(OCCCO)cc2)O[C@H]1c1ccccc1CN=[N+]=[N-]. The summed E-state index contributed by atoms with van der Waals surface area (Å²) in [5, 5.41) is 35.8. The number of benzene rings is 3. The van der Waals surface area contributed by atoms with E-state index >= 15 is 0 Å². The lowest BCUT2D eigenvalue weighted by atomic mass is 9.80. The van der Waals surface area contributed by atoms with Gasteiger partial charge in [-0.1, -0.05) is 58.8 Å². The average Bonchev–Trinajstić information content (AvgIpc) is 3.48. The lowest BCUT2D eigenvalue weighted by Crippen LogP contribution is -2.57. The monoisotopic (exact) mass is 629 g/mol. The molecule has 1 amide bonds. The van der Waals surface area contributed by atoms with Crippen molar-refractivity contribution in [2.24, 2.45) is 15.2 Å². The minimum absolute atomic E-state index is 0.00702. The summed E-state index contributed by atoms with van der Waals surface area (Å²) in [5.74, 6) is 0.112. The molecular formula is C31H35N9O6. The summed E-state index contributed by atoms with van der Waals surface area (Å²) in [6.07, 6.45) is -0.564. The summed E-state index contributed by atoms with van der Waals surface area (Å²) in [7, 11) is 0. The number of aliphatic hydroxyl groups is 3. The molecule has 0 fully saturated rings. The third-order valence-corrected chi connectivity index (χ3v) is 7.39. The smallest absolute Gasteiger partial charge is 0.266 e. The van der Waals surface area contributed by atoms with Gasteiger partial charge in [0.25, 0.3) is 5.91 Å². The molecule has 1 aliphatic heterocycles. The quantitative estimate of drug-likeness (QED) is 0.0489. The number of carbonyl (C=O) groups excluding carboxylic acids is 1. The molecule has 240 valence electrons. The number of carbonyl (C=O) groups is 1. The molecule has 0 radical (unpaired) electrons. The maximum Gasteiger partial charge on any atom is 0.266 e. The second-order valence-corrected chi connectivity index (χ2v) is 10.4. The van der Waals surface area contributed by atoms with Gasteiger partial charge in [-0.05, 0) is 57.6 Å². The number of hydrogen-bond acceptors (Lipinski definition) is 10. The second-order valence-electron chi connectivity index (χ2n) is 10.4. The third-order valence-electron chi connectivity index (χ3n) is 7.39. The van der Waals surface area contributed by atoms with E-state index in [-0.39, 0.29) is 32.0 Å². The number of nitrogens with zero attached hydrogens (tertiary/aromatic N) is 7. The van der Waals surface area contributed by atoms with E-state index < -0.39 is 36.8 Å². The van der Waals surface area contributed by atoms with Crippen molar-refractivity contribution < 1.29 is 29.6 Å². The maximum absolute atomic E-state index is 14.4. The number of ether oxygens (including phenoxy) is 2. The van der Waals surface area contributed by atoms with Crippen LogP contribution in [0.15, 0.2) is 88.0 Å². The lowest BCUT2D eigenvalue weighted by Gasteiger charge is -2.32. The van der Waals surface area contributed by atoms with E-state index in [9.17, 15) is 15.0 Å². The number of azide groups is 2. The number of amides is 1. The normalized spacial score (nSPS) is 17.0. The van der Waals surface area contributed by atoms with Gasteiger partial charge in [0.1, 0.15) is 5.75 Å². The van der Waals surface area contributed by atoms with Gasteiger partial charge in [-0.15, -0.1) is 0 Å². The molecule has 0 saturated carbocycles. The molecule has 0 saturated heterocycles. The molecule has 0 bridgehead atoms. The van der Waals surface area contributed by atoms with Crippen LogP contribution in [-0.2, 0) is 29.0 Å². The van der Waals surface area contributed by atoms with Crippen molar-refractivity contribution in [3.8, 4) is 5.75 Å².